The van der Waals surface area contributed by atoms with E-state index >= 15 is 0 Å². The minimum absolute atomic E-state index is 0.116. The van der Waals surface area contributed by atoms with E-state index in [4.69, 9.17) is 0 Å². The summed E-state index contributed by atoms with van der Waals surface area (Å²) in [5.74, 6) is 0.116. The third-order valence-electron chi connectivity index (χ3n) is 2.93. The first-order valence-electron chi connectivity index (χ1n) is 5.37. The Morgan fingerprint density at radius 1 is 1.18 bits per heavy atom. The lowest BCUT2D eigenvalue weighted by Crippen LogP contribution is -2.02. The summed E-state index contributed by atoms with van der Waals surface area (Å²) in [6, 6.07) is 7.80. The third kappa shape index (κ3) is 2.35. The maximum absolute atomic E-state index is 12.4. The average molecular weight is 309 g/mol. The molecule has 2 aromatic rings. The van der Waals surface area contributed by atoms with Crippen molar-refractivity contribution in [2.45, 2.75) is 20.8 Å². The number of aryl methyl sites for hydroxylation is 2. The Morgan fingerprint density at radius 2 is 1.88 bits per heavy atom. The van der Waals surface area contributed by atoms with Gasteiger partial charge in [-0.25, -0.2) is 0 Å². The van der Waals surface area contributed by atoms with Crippen molar-refractivity contribution < 1.29 is 4.79 Å². The first-order valence-corrected chi connectivity index (χ1v) is 6.98. The normalized spacial score (nSPS) is 10.6. The molecule has 1 nitrogen and oxygen atoms in total. The molecule has 88 valence electrons. The monoisotopic (exact) mass is 308 g/mol. The number of carbonyl (C=O) groups excluding carboxylic acids is 1. The number of carbonyl (C=O) groups is 1. The molecule has 2 rings (SSSR count). The zero-order valence-corrected chi connectivity index (χ0v) is 12.4. The van der Waals surface area contributed by atoms with E-state index in [0.29, 0.717) is 0 Å². The summed E-state index contributed by atoms with van der Waals surface area (Å²) < 4.78 is 1.03. The van der Waals surface area contributed by atoms with E-state index in [1.807, 2.05) is 45.0 Å². The van der Waals surface area contributed by atoms with E-state index in [0.717, 1.165) is 30.9 Å². The fourth-order valence-corrected chi connectivity index (χ4v) is 3.19. The van der Waals surface area contributed by atoms with Gasteiger partial charge in [-0.15, -0.1) is 11.3 Å². The van der Waals surface area contributed by atoms with Gasteiger partial charge in [0, 0.05) is 5.56 Å². The Morgan fingerprint density at radius 3 is 2.47 bits per heavy atom. The maximum atomic E-state index is 12.4. The van der Waals surface area contributed by atoms with Gasteiger partial charge in [-0.1, -0.05) is 18.2 Å². The number of rotatable bonds is 2. The van der Waals surface area contributed by atoms with Crippen LogP contribution in [0.1, 0.15) is 31.9 Å². The van der Waals surface area contributed by atoms with Gasteiger partial charge in [-0.2, -0.15) is 0 Å². The smallest absolute Gasteiger partial charge is 0.203 e. The predicted molar refractivity (Wildman–Crippen MR) is 76.1 cm³/mol. The van der Waals surface area contributed by atoms with Gasteiger partial charge in [0.05, 0.1) is 8.66 Å². The molecule has 17 heavy (non-hydrogen) atoms. The molecule has 1 aromatic carbocycles. The van der Waals surface area contributed by atoms with Crippen LogP contribution < -0.4 is 0 Å². The van der Waals surface area contributed by atoms with Crippen LogP contribution in [0.4, 0.5) is 0 Å². The van der Waals surface area contributed by atoms with Crippen LogP contribution in [-0.2, 0) is 0 Å². The molecule has 0 aliphatic heterocycles. The number of thiophene rings is 1. The molecule has 0 aliphatic carbocycles. The molecule has 1 heterocycles. The van der Waals surface area contributed by atoms with E-state index in [9.17, 15) is 4.79 Å². The summed E-state index contributed by atoms with van der Waals surface area (Å²) in [4.78, 5) is 13.2. The fourth-order valence-electron chi connectivity index (χ4n) is 1.70. The van der Waals surface area contributed by atoms with Crippen LogP contribution in [0.2, 0.25) is 0 Å². The summed E-state index contributed by atoms with van der Waals surface area (Å²) in [5.41, 5.74) is 4.14. The summed E-state index contributed by atoms with van der Waals surface area (Å²) in [5, 5.41) is 0. The summed E-state index contributed by atoms with van der Waals surface area (Å²) in [6.45, 7) is 6.03. The van der Waals surface area contributed by atoms with Crippen LogP contribution in [-0.4, -0.2) is 5.78 Å². The van der Waals surface area contributed by atoms with E-state index in [1.165, 1.54) is 11.3 Å². The SMILES string of the molecule is Cc1cc(C(=O)c2cccc(C)c2C)sc1Br. The van der Waals surface area contributed by atoms with Crippen molar-refractivity contribution in [1.29, 1.82) is 0 Å². The minimum Gasteiger partial charge on any atom is -0.288 e. The highest BCUT2D eigenvalue weighted by atomic mass is 79.9. The highest BCUT2D eigenvalue weighted by Gasteiger charge is 2.15. The molecule has 0 spiro atoms. The van der Waals surface area contributed by atoms with Crippen molar-refractivity contribution >= 4 is 33.0 Å². The van der Waals surface area contributed by atoms with E-state index in [1.54, 1.807) is 0 Å². The molecule has 0 atom stereocenters. The standard InChI is InChI=1S/C14H13BrOS/c1-8-5-4-6-11(10(8)3)13(16)12-7-9(2)14(15)17-12/h4-7H,1-3H3. The zero-order chi connectivity index (χ0) is 12.6. The molecular formula is C14H13BrOS. The van der Waals surface area contributed by atoms with Gasteiger partial charge >= 0.3 is 0 Å². The molecule has 0 amide bonds. The average Bonchev–Trinajstić information content (AvgIpc) is 2.62. The number of hydrogen-bond acceptors (Lipinski definition) is 2. The predicted octanol–water partition coefficient (Wildman–Crippen LogP) is 4.67. The molecule has 3 heteroatoms. The third-order valence-corrected chi connectivity index (χ3v) is 5.07. The molecular weight excluding hydrogens is 296 g/mol. The fraction of sp³-hybridized carbons (Fsp3) is 0.214. The molecule has 0 N–H and O–H groups in total. The second-order valence-corrected chi connectivity index (χ2v) is 6.51. The van der Waals surface area contributed by atoms with Gasteiger partial charge in [-0.05, 0) is 59.5 Å². The molecule has 0 unspecified atom stereocenters. The summed E-state index contributed by atoms with van der Waals surface area (Å²) in [7, 11) is 0. The van der Waals surface area contributed by atoms with Crippen LogP contribution in [0.25, 0.3) is 0 Å². The Kier molecular flexibility index (Phi) is 3.50. The lowest BCUT2D eigenvalue weighted by atomic mass is 9.99. The van der Waals surface area contributed by atoms with Gasteiger partial charge in [0.2, 0.25) is 5.78 Å². The van der Waals surface area contributed by atoms with Gasteiger partial charge in [0.15, 0.2) is 0 Å². The van der Waals surface area contributed by atoms with Crippen molar-refractivity contribution in [3.05, 3.63) is 55.2 Å². The molecule has 0 saturated carbocycles. The van der Waals surface area contributed by atoms with Crippen LogP contribution in [0, 0.1) is 20.8 Å². The Bertz CT molecular complexity index is 564. The largest absolute Gasteiger partial charge is 0.288 e. The molecule has 0 fully saturated rings. The van der Waals surface area contributed by atoms with Crippen molar-refractivity contribution in [3.63, 3.8) is 0 Å². The van der Waals surface area contributed by atoms with E-state index in [-0.39, 0.29) is 5.78 Å². The van der Waals surface area contributed by atoms with E-state index < -0.39 is 0 Å². The molecule has 0 aliphatic rings. The first-order chi connectivity index (χ1) is 8.00. The zero-order valence-electron chi connectivity index (χ0n) is 10.0. The topological polar surface area (TPSA) is 17.1 Å². The van der Waals surface area contributed by atoms with Crippen LogP contribution in [0.3, 0.4) is 0 Å². The van der Waals surface area contributed by atoms with Crippen molar-refractivity contribution in [3.8, 4) is 0 Å². The van der Waals surface area contributed by atoms with Crippen molar-refractivity contribution in [2.24, 2.45) is 0 Å². The number of ketones is 1. The Balaban J connectivity index is 2.47. The molecule has 0 radical (unpaired) electrons. The summed E-state index contributed by atoms with van der Waals surface area (Å²) >= 11 is 4.96. The first kappa shape index (κ1) is 12.5. The van der Waals surface area contributed by atoms with Gasteiger partial charge in [-0.3, -0.25) is 4.79 Å². The molecule has 1 aromatic heterocycles. The lowest BCUT2D eigenvalue weighted by molar-refractivity contribution is 0.104. The van der Waals surface area contributed by atoms with Gasteiger partial charge in [0.25, 0.3) is 0 Å². The van der Waals surface area contributed by atoms with E-state index in [2.05, 4.69) is 15.9 Å². The maximum Gasteiger partial charge on any atom is 0.203 e. The Hall–Kier alpha value is -0.930. The highest BCUT2D eigenvalue weighted by molar-refractivity contribution is 9.11. The number of halogens is 1. The highest BCUT2D eigenvalue weighted by Crippen LogP contribution is 2.29. The minimum atomic E-state index is 0.116. The lowest BCUT2D eigenvalue weighted by Gasteiger charge is -2.05. The number of benzene rings is 1. The van der Waals surface area contributed by atoms with Gasteiger partial charge in [0.1, 0.15) is 0 Å². The second kappa shape index (κ2) is 4.75. The van der Waals surface area contributed by atoms with Crippen molar-refractivity contribution in [1.82, 2.24) is 0 Å². The Labute approximate surface area is 114 Å². The second-order valence-electron chi connectivity index (χ2n) is 4.14. The summed E-state index contributed by atoms with van der Waals surface area (Å²) in [6.07, 6.45) is 0. The number of hydrogen-bond donors (Lipinski definition) is 0. The van der Waals surface area contributed by atoms with Crippen LogP contribution >= 0.6 is 27.3 Å². The van der Waals surface area contributed by atoms with Crippen LogP contribution in [0.5, 0.6) is 0 Å². The molecule has 0 bridgehead atoms. The molecule has 0 saturated heterocycles. The van der Waals surface area contributed by atoms with Crippen molar-refractivity contribution in [2.75, 3.05) is 0 Å². The quantitative estimate of drug-likeness (QED) is 0.737. The van der Waals surface area contributed by atoms with Crippen LogP contribution in [0.15, 0.2) is 28.1 Å². The van der Waals surface area contributed by atoms with Gasteiger partial charge < -0.3 is 0 Å².